The predicted octanol–water partition coefficient (Wildman–Crippen LogP) is 0.959. The van der Waals surface area contributed by atoms with Crippen LogP contribution in [0.15, 0.2) is 29.2 Å². The van der Waals surface area contributed by atoms with Crippen LogP contribution in [0.1, 0.15) is 0 Å². The second-order valence-electron chi connectivity index (χ2n) is 2.28. The zero-order valence-electron chi connectivity index (χ0n) is 7.19. The Morgan fingerprint density at radius 1 is 1.20 bits per heavy atom. The van der Waals surface area contributed by atoms with Crippen molar-refractivity contribution < 1.29 is 53.2 Å². The van der Waals surface area contributed by atoms with Gasteiger partial charge in [-0.3, -0.25) is 4.55 Å². The fraction of sp³-hybridized carbons (Fsp3) is 0. The van der Waals surface area contributed by atoms with E-state index in [2.05, 4.69) is 4.52 Å². The largest absolute Gasteiger partial charge is 0.747 e. The first-order valence-electron chi connectivity index (χ1n) is 3.31. The van der Waals surface area contributed by atoms with Crippen molar-refractivity contribution in [3.8, 4) is 5.75 Å². The van der Waals surface area contributed by atoms with E-state index in [4.69, 9.17) is 9.45 Å². The summed E-state index contributed by atoms with van der Waals surface area (Å²) in [7, 11) is -7.02. The van der Waals surface area contributed by atoms with Crippen molar-refractivity contribution >= 4 is 18.4 Å². The van der Waals surface area contributed by atoms with Gasteiger partial charge in [-0.15, -0.1) is 4.89 Å². The van der Waals surface area contributed by atoms with E-state index in [0.717, 1.165) is 24.3 Å². The van der Waals surface area contributed by atoms with Crippen LogP contribution in [0.2, 0.25) is 0 Å². The monoisotopic (exact) mass is 327 g/mol. The fourth-order valence-electron chi connectivity index (χ4n) is 0.763. The van der Waals surface area contributed by atoms with Gasteiger partial charge < -0.3 is 0 Å². The van der Waals surface area contributed by atoms with E-state index in [1.807, 2.05) is 0 Å². The Balaban J connectivity index is 0.00000196. The predicted molar refractivity (Wildman–Crippen MR) is 46.7 cm³/mol. The van der Waals surface area contributed by atoms with Crippen molar-refractivity contribution in [2.45, 2.75) is 4.90 Å². The van der Waals surface area contributed by atoms with Gasteiger partial charge in [0, 0.05) is 30.8 Å². The van der Waals surface area contributed by atoms with Crippen LogP contribution in [0.3, 0.4) is 0 Å². The molecule has 0 aliphatic rings. The van der Waals surface area contributed by atoms with Gasteiger partial charge in [-0.25, -0.2) is 4.52 Å². The topological polar surface area (TPSA) is 101 Å². The molecule has 1 rings (SSSR count). The molecule has 15 heavy (non-hydrogen) atoms. The summed E-state index contributed by atoms with van der Waals surface area (Å²) in [6.45, 7) is 0. The molecular formula is C6H6O6PSZr+. The number of rotatable bonds is 3. The minimum atomic E-state index is -4.24. The van der Waals surface area contributed by atoms with Crippen LogP contribution in [0, 0.1) is 0 Å². The summed E-state index contributed by atoms with van der Waals surface area (Å²) in [4.78, 5) is 8.05. The zero-order chi connectivity index (χ0) is 10.8. The molecule has 0 aliphatic carbocycles. The van der Waals surface area contributed by atoms with Gasteiger partial charge >= 0.3 is 8.25 Å². The van der Waals surface area contributed by atoms with Crippen LogP contribution >= 0.6 is 8.25 Å². The molecule has 0 fully saturated rings. The smallest absolute Gasteiger partial charge is 0.282 e. The molecule has 0 aromatic heterocycles. The summed E-state index contributed by atoms with van der Waals surface area (Å²) in [6, 6.07) is 4.44. The van der Waals surface area contributed by atoms with Gasteiger partial charge in [0.15, 0.2) is 5.75 Å². The van der Waals surface area contributed by atoms with Gasteiger partial charge in [-0.05, 0) is 24.3 Å². The van der Waals surface area contributed by atoms with E-state index in [0.29, 0.717) is 0 Å². The standard InChI is InChI=1S/C6H5O6PS.Zr/c7-13(8)12-5-1-3-6(4-2-5)14(9,10)11;/h1-4H,(H-,7,8,9,10,11);/p+1. The molecule has 1 aromatic rings. The molecule has 0 amide bonds. The molecule has 9 heteroatoms. The van der Waals surface area contributed by atoms with Crippen LogP contribution in [-0.4, -0.2) is 17.9 Å². The zero-order valence-corrected chi connectivity index (χ0v) is 11.4. The fourth-order valence-corrected chi connectivity index (χ4v) is 1.54. The second-order valence-corrected chi connectivity index (χ2v) is 4.36. The van der Waals surface area contributed by atoms with Crippen molar-refractivity contribution in [3.63, 3.8) is 0 Å². The first kappa shape index (κ1) is 14.9. The summed E-state index contributed by atoms with van der Waals surface area (Å²) in [5.74, 6) is 0.0426. The van der Waals surface area contributed by atoms with E-state index in [9.17, 15) is 13.0 Å². The third-order valence-corrected chi connectivity index (χ3v) is 2.54. The Bertz CT molecular complexity index is 441. The molecule has 0 spiro atoms. The second kappa shape index (κ2) is 5.82. The molecule has 80 valence electrons. The molecular weight excluding hydrogens is 322 g/mol. The normalized spacial score (nSPS) is 11.5. The first-order valence-corrected chi connectivity index (χ1v) is 5.88. The van der Waals surface area contributed by atoms with Gasteiger partial charge in [0.2, 0.25) is 0 Å². The Morgan fingerprint density at radius 3 is 2.00 bits per heavy atom. The van der Waals surface area contributed by atoms with Crippen LogP contribution < -0.4 is 4.52 Å². The van der Waals surface area contributed by atoms with Crippen LogP contribution in [0.5, 0.6) is 5.75 Å². The molecule has 0 bridgehead atoms. The number of hydrogen-bond acceptors (Lipinski definition) is 4. The third-order valence-electron chi connectivity index (χ3n) is 1.31. The Morgan fingerprint density at radius 2 is 1.67 bits per heavy atom. The molecule has 0 heterocycles. The van der Waals surface area contributed by atoms with Crippen molar-refractivity contribution in [2.75, 3.05) is 0 Å². The summed E-state index contributed by atoms with van der Waals surface area (Å²) < 4.78 is 44.3. The van der Waals surface area contributed by atoms with E-state index >= 15 is 0 Å². The maximum atomic E-state index is 10.6. The van der Waals surface area contributed by atoms with Crippen molar-refractivity contribution in [1.29, 1.82) is 0 Å². The van der Waals surface area contributed by atoms with Crippen molar-refractivity contribution in [2.24, 2.45) is 0 Å². The van der Waals surface area contributed by atoms with Crippen molar-refractivity contribution in [1.82, 2.24) is 0 Å². The molecule has 0 radical (unpaired) electrons. The summed E-state index contributed by atoms with van der Waals surface area (Å²) in [5.41, 5.74) is 0. The average molecular weight is 328 g/mol. The first-order chi connectivity index (χ1) is 6.39. The quantitative estimate of drug-likeness (QED) is 0.633. The molecule has 2 N–H and O–H groups in total. The van der Waals surface area contributed by atoms with Gasteiger partial charge in [0.25, 0.3) is 10.1 Å². The Labute approximate surface area is 106 Å². The molecule has 0 saturated heterocycles. The van der Waals surface area contributed by atoms with E-state index < -0.39 is 18.4 Å². The van der Waals surface area contributed by atoms with Gasteiger partial charge in [0.1, 0.15) is 0 Å². The van der Waals surface area contributed by atoms with E-state index in [-0.39, 0.29) is 36.8 Å². The third kappa shape index (κ3) is 4.95. The maximum absolute atomic E-state index is 10.6. The van der Waals surface area contributed by atoms with Crippen LogP contribution in [-0.2, 0) is 40.9 Å². The van der Waals surface area contributed by atoms with E-state index in [1.165, 1.54) is 0 Å². The molecule has 1 unspecified atom stereocenters. The van der Waals surface area contributed by atoms with E-state index in [1.54, 1.807) is 0 Å². The van der Waals surface area contributed by atoms with Crippen LogP contribution in [0.25, 0.3) is 0 Å². The van der Waals surface area contributed by atoms with Crippen molar-refractivity contribution in [3.05, 3.63) is 24.3 Å². The van der Waals surface area contributed by atoms with Crippen LogP contribution in [0.4, 0.5) is 0 Å². The molecule has 1 aromatic carbocycles. The Hall–Kier alpha value is -0.127. The number of hydrogen-bond donors (Lipinski definition) is 2. The molecule has 1 atom stereocenters. The molecule has 0 aliphatic heterocycles. The average Bonchev–Trinajstić information content (AvgIpc) is 2.02. The minimum Gasteiger partial charge on any atom is -0.282 e. The molecule has 0 saturated carbocycles. The minimum absolute atomic E-state index is 0. The summed E-state index contributed by atoms with van der Waals surface area (Å²) in [5, 5.41) is 0. The SMILES string of the molecule is O=[P+](O)Oc1ccc(S(=O)(=O)O)cc1.[Zr]. The Kier molecular flexibility index (Phi) is 5.77. The van der Waals surface area contributed by atoms with Gasteiger partial charge in [0.05, 0.1) is 4.90 Å². The van der Waals surface area contributed by atoms with Gasteiger partial charge in [-0.2, -0.15) is 8.42 Å². The summed E-state index contributed by atoms with van der Waals surface area (Å²) >= 11 is 0. The number of benzene rings is 1. The molecule has 6 nitrogen and oxygen atoms in total. The maximum Gasteiger partial charge on any atom is 0.747 e. The summed E-state index contributed by atoms with van der Waals surface area (Å²) in [6.07, 6.45) is 0. The van der Waals surface area contributed by atoms with Gasteiger partial charge in [-0.1, -0.05) is 0 Å².